The summed E-state index contributed by atoms with van der Waals surface area (Å²) in [7, 11) is 0. The van der Waals surface area contributed by atoms with Gasteiger partial charge in [0.05, 0.1) is 24.7 Å². The van der Waals surface area contributed by atoms with Gasteiger partial charge in [-0.3, -0.25) is 4.68 Å². The van der Waals surface area contributed by atoms with Crippen molar-refractivity contribution < 1.29 is 0 Å². The zero-order valence-electron chi connectivity index (χ0n) is 8.60. The van der Waals surface area contributed by atoms with E-state index in [4.69, 9.17) is 5.26 Å². The summed E-state index contributed by atoms with van der Waals surface area (Å²) in [6.07, 6.45) is 2.39. The van der Waals surface area contributed by atoms with Crippen molar-refractivity contribution in [1.82, 2.24) is 9.78 Å². The van der Waals surface area contributed by atoms with Crippen LogP contribution in [0.4, 0.5) is 0 Å². The Morgan fingerprint density at radius 3 is 2.69 bits per heavy atom. The molecule has 1 aromatic carbocycles. The van der Waals surface area contributed by atoms with Gasteiger partial charge in [-0.15, -0.1) is 0 Å². The Bertz CT molecular complexity index is 508. The van der Waals surface area contributed by atoms with Gasteiger partial charge in [-0.1, -0.05) is 28.1 Å². The topological polar surface area (TPSA) is 41.6 Å². The van der Waals surface area contributed by atoms with Gasteiger partial charge in [0.25, 0.3) is 0 Å². The van der Waals surface area contributed by atoms with E-state index in [1.54, 1.807) is 4.68 Å². The van der Waals surface area contributed by atoms with E-state index in [2.05, 4.69) is 27.1 Å². The molecule has 0 bridgehead atoms. The molecular weight excluding hydrogens is 266 g/mol. The van der Waals surface area contributed by atoms with Crippen molar-refractivity contribution in [1.29, 1.82) is 5.26 Å². The fourth-order valence-electron chi connectivity index (χ4n) is 1.43. The van der Waals surface area contributed by atoms with E-state index in [0.29, 0.717) is 13.0 Å². The standard InChI is InChI=1S/C12H10BrN3/c13-11-4-2-10(3-5-11)12-6-9-16(15-12)8-1-7-14/h2-6,9H,1,8H2. The molecule has 0 saturated heterocycles. The number of rotatable bonds is 3. The summed E-state index contributed by atoms with van der Waals surface area (Å²) in [5.74, 6) is 0. The minimum absolute atomic E-state index is 0.488. The van der Waals surface area contributed by atoms with Crippen LogP contribution in [0.3, 0.4) is 0 Å². The molecule has 0 aliphatic heterocycles. The molecule has 0 saturated carbocycles. The van der Waals surface area contributed by atoms with Gasteiger partial charge in [0.2, 0.25) is 0 Å². The third kappa shape index (κ3) is 2.50. The maximum absolute atomic E-state index is 8.49. The average molecular weight is 276 g/mol. The zero-order valence-corrected chi connectivity index (χ0v) is 10.2. The van der Waals surface area contributed by atoms with Crippen LogP contribution in [0.25, 0.3) is 11.3 Å². The summed E-state index contributed by atoms with van der Waals surface area (Å²) >= 11 is 3.40. The van der Waals surface area contributed by atoms with Gasteiger partial charge >= 0.3 is 0 Å². The fourth-order valence-corrected chi connectivity index (χ4v) is 1.69. The van der Waals surface area contributed by atoms with E-state index < -0.39 is 0 Å². The van der Waals surface area contributed by atoms with Crippen molar-refractivity contribution in [2.45, 2.75) is 13.0 Å². The second-order valence-electron chi connectivity index (χ2n) is 3.38. The van der Waals surface area contributed by atoms with Crippen molar-refractivity contribution in [2.24, 2.45) is 0 Å². The molecule has 0 atom stereocenters. The third-order valence-electron chi connectivity index (χ3n) is 2.23. The Morgan fingerprint density at radius 2 is 2.00 bits per heavy atom. The van der Waals surface area contributed by atoms with Gasteiger partial charge in [-0.05, 0) is 18.2 Å². The molecule has 4 heteroatoms. The molecule has 0 radical (unpaired) electrons. The van der Waals surface area contributed by atoms with Crippen molar-refractivity contribution in [3.8, 4) is 17.3 Å². The molecule has 0 aliphatic rings. The highest BCUT2D eigenvalue weighted by molar-refractivity contribution is 9.10. The summed E-state index contributed by atoms with van der Waals surface area (Å²) in [5.41, 5.74) is 2.02. The van der Waals surface area contributed by atoms with E-state index in [-0.39, 0.29) is 0 Å². The van der Waals surface area contributed by atoms with E-state index >= 15 is 0 Å². The Balaban J connectivity index is 2.18. The van der Waals surface area contributed by atoms with E-state index in [9.17, 15) is 0 Å². The van der Waals surface area contributed by atoms with Crippen molar-refractivity contribution >= 4 is 15.9 Å². The number of halogens is 1. The van der Waals surface area contributed by atoms with Gasteiger partial charge in [-0.25, -0.2) is 0 Å². The highest BCUT2D eigenvalue weighted by atomic mass is 79.9. The molecule has 3 nitrogen and oxygen atoms in total. The molecule has 0 N–H and O–H groups in total. The van der Waals surface area contributed by atoms with Crippen LogP contribution >= 0.6 is 15.9 Å². The van der Waals surface area contributed by atoms with Gasteiger partial charge in [0.15, 0.2) is 0 Å². The number of nitriles is 1. The van der Waals surface area contributed by atoms with Crippen LogP contribution in [-0.2, 0) is 6.54 Å². The summed E-state index contributed by atoms with van der Waals surface area (Å²) in [6.45, 7) is 0.646. The molecule has 0 amide bonds. The lowest BCUT2D eigenvalue weighted by Crippen LogP contribution is -1.97. The predicted octanol–water partition coefficient (Wildman–Crippen LogP) is 3.23. The molecule has 0 fully saturated rings. The molecule has 80 valence electrons. The summed E-state index contributed by atoms with van der Waals surface area (Å²) in [6, 6.07) is 12.1. The van der Waals surface area contributed by atoms with Crippen molar-refractivity contribution in [2.75, 3.05) is 0 Å². The highest BCUT2D eigenvalue weighted by Gasteiger charge is 2.01. The van der Waals surface area contributed by atoms with E-state index in [1.807, 2.05) is 36.5 Å². The fraction of sp³-hybridized carbons (Fsp3) is 0.167. The van der Waals surface area contributed by atoms with Crippen LogP contribution in [0.15, 0.2) is 41.0 Å². The van der Waals surface area contributed by atoms with Crippen molar-refractivity contribution in [3.05, 3.63) is 41.0 Å². The lowest BCUT2D eigenvalue weighted by atomic mass is 10.2. The average Bonchev–Trinajstić information content (AvgIpc) is 2.76. The van der Waals surface area contributed by atoms with Gasteiger partial charge in [0, 0.05) is 16.2 Å². The monoisotopic (exact) mass is 275 g/mol. The maximum atomic E-state index is 8.49. The lowest BCUT2D eigenvalue weighted by Gasteiger charge is -1.97. The number of nitrogens with zero attached hydrogens (tertiary/aromatic N) is 3. The van der Waals surface area contributed by atoms with Crippen LogP contribution in [0.5, 0.6) is 0 Å². The molecule has 1 aromatic heterocycles. The Hall–Kier alpha value is -1.60. The molecular formula is C12H10BrN3. The quantitative estimate of drug-likeness (QED) is 0.863. The SMILES string of the molecule is N#CCCn1ccc(-c2ccc(Br)cc2)n1. The molecule has 0 unspecified atom stereocenters. The number of hydrogen-bond donors (Lipinski definition) is 0. The minimum atomic E-state index is 0.488. The zero-order chi connectivity index (χ0) is 11.4. The molecule has 2 rings (SSSR count). The van der Waals surface area contributed by atoms with Gasteiger partial charge in [0.1, 0.15) is 0 Å². The van der Waals surface area contributed by atoms with E-state index in [0.717, 1.165) is 15.7 Å². The van der Waals surface area contributed by atoms with Crippen LogP contribution < -0.4 is 0 Å². The molecule has 0 aliphatic carbocycles. The first-order valence-electron chi connectivity index (χ1n) is 4.96. The Labute approximate surface area is 102 Å². The Morgan fingerprint density at radius 1 is 1.25 bits per heavy atom. The number of benzene rings is 1. The van der Waals surface area contributed by atoms with Crippen LogP contribution in [0.1, 0.15) is 6.42 Å². The van der Waals surface area contributed by atoms with E-state index in [1.165, 1.54) is 0 Å². The highest BCUT2D eigenvalue weighted by Crippen LogP contribution is 2.19. The first-order valence-corrected chi connectivity index (χ1v) is 5.75. The maximum Gasteiger partial charge on any atom is 0.0923 e. The van der Waals surface area contributed by atoms with Crippen LogP contribution in [-0.4, -0.2) is 9.78 Å². The first kappa shape index (κ1) is 10.9. The number of aromatic nitrogens is 2. The number of hydrogen-bond acceptors (Lipinski definition) is 2. The molecule has 2 aromatic rings. The smallest absolute Gasteiger partial charge is 0.0923 e. The predicted molar refractivity (Wildman–Crippen MR) is 65.6 cm³/mol. The molecule has 1 heterocycles. The second-order valence-corrected chi connectivity index (χ2v) is 4.29. The van der Waals surface area contributed by atoms with Crippen molar-refractivity contribution in [3.63, 3.8) is 0 Å². The number of aryl methyl sites for hydroxylation is 1. The summed E-state index contributed by atoms with van der Waals surface area (Å²) in [5, 5.41) is 12.9. The summed E-state index contributed by atoms with van der Waals surface area (Å²) < 4.78 is 2.85. The first-order chi connectivity index (χ1) is 7.79. The third-order valence-corrected chi connectivity index (χ3v) is 2.76. The summed E-state index contributed by atoms with van der Waals surface area (Å²) in [4.78, 5) is 0. The van der Waals surface area contributed by atoms with Crippen LogP contribution in [0.2, 0.25) is 0 Å². The molecule has 16 heavy (non-hydrogen) atoms. The normalized spacial score (nSPS) is 10.0. The second kappa shape index (κ2) is 4.95. The Kier molecular flexibility index (Phi) is 3.37. The van der Waals surface area contributed by atoms with Gasteiger partial charge < -0.3 is 0 Å². The molecule has 0 spiro atoms. The van der Waals surface area contributed by atoms with Gasteiger partial charge in [-0.2, -0.15) is 10.4 Å². The lowest BCUT2D eigenvalue weighted by molar-refractivity contribution is 0.629. The van der Waals surface area contributed by atoms with Crippen LogP contribution in [0, 0.1) is 11.3 Å². The minimum Gasteiger partial charge on any atom is -0.271 e. The largest absolute Gasteiger partial charge is 0.271 e.